The van der Waals surface area contributed by atoms with E-state index in [1.807, 2.05) is 45.0 Å². The predicted octanol–water partition coefficient (Wildman–Crippen LogP) is 2.40. The average Bonchev–Trinajstić information content (AvgIpc) is 2.40. The van der Waals surface area contributed by atoms with Crippen LogP contribution in [-0.4, -0.2) is 19.1 Å². The number of amides is 1. The summed E-state index contributed by atoms with van der Waals surface area (Å²) in [6.45, 7) is 6.74. The molecule has 100 valence electrons. The Hall–Kier alpha value is -1.55. The van der Waals surface area contributed by atoms with Crippen LogP contribution in [0.2, 0.25) is 0 Å². The third kappa shape index (κ3) is 3.47. The van der Waals surface area contributed by atoms with Gasteiger partial charge in [-0.1, -0.05) is 6.92 Å². The number of nitrogens with one attached hydrogen (secondary N) is 1. The van der Waals surface area contributed by atoms with Gasteiger partial charge in [-0.05, 0) is 44.5 Å². The molecule has 1 aromatic rings. The van der Waals surface area contributed by atoms with Crippen LogP contribution < -0.4 is 15.8 Å². The molecule has 0 spiro atoms. The van der Waals surface area contributed by atoms with E-state index in [0.717, 1.165) is 11.4 Å². The predicted molar refractivity (Wildman–Crippen MR) is 73.7 cm³/mol. The van der Waals surface area contributed by atoms with Gasteiger partial charge in [0.25, 0.3) is 0 Å². The van der Waals surface area contributed by atoms with Gasteiger partial charge in [0.2, 0.25) is 5.91 Å². The average molecular weight is 250 g/mol. The summed E-state index contributed by atoms with van der Waals surface area (Å²) in [4.78, 5) is 12.1. The van der Waals surface area contributed by atoms with Crippen molar-refractivity contribution in [3.8, 4) is 5.75 Å². The molecule has 0 aliphatic carbocycles. The number of hydrogen-bond acceptors (Lipinski definition) is 3. The van der Waals surface area contributed by atoms with E-state index < -0.39 is 5.41 Å². The Labute approximate surface area is 109 Å². The molecule has 1 amide bonds. The van der Waals surface area contributed by atoms with E-state index >= 15 is 0 Å². The summed E-state index contributed by atoms with van der Waals surface area (Å²) in [5, 5.41) is 2.88. The van der Waals surface area contributed by atoms with Crippen molar-refractivity contribution in [3.63, 3.8) is 0 Å². The molecular formula is C14H22N2O2. The van der Waals surface area contributed by atoms with Gasteiger partial charge in [0.05, 0.1) is 12.0 Å². The maximum Gasteiger partial charge on any atom is 0.231 e. The number of carbonyl (C=O) groups excluding carboxylic acids is 1. The standard InChI is InChI=1S/C14H22N2O2/c1-4-14(3,10-15)13(17)16-11-6-8-12(9-7-11)18-5-2/h6-9H,4-5,10,15H2,1-3H3,(H,16,17). The molecule has 3 N–H and O–H groups in total. The zero-order valence-corrected chi connectivity index (χ0v) is 11.3. The van der Waals surface area contributed by atoms with E-state index in [-0.39, 0.29) is 5.91 Å². The quantitative estimate of drug-likeness (QED) is 0.814. The maximum absolute atomic E-state index is 12.1. The van der Waals surface area contributed by atoms with Gasteiger partial charge in [0.1, 0.15) is 5.75 Å². The molecule has 0 bridgehead atoms. The molecule has 0 fully saturated rings. The number of ether oxygens (including phenoxy) is 1. The van der Waals surface area contributed by atoms with E-state index in [2.05, 4.69) is 5.32 Å². The molecule has 0 saturated carbocycles. The van der Waals surface area contributed by atoms with Crippen molar-refractivity contribution in [2.75, 3.05) is 18.5 Å². The fraction of sp³-hybridized carbons (Fsp3) is 0.500. The van der Waals surface area contributed by atoms with Gasteiger partial charge in [-0.3, -0.25) is 4.79 Å². The molecule has 0 aliphatic rings. The molecule has 1 atom stereocenters. The molecular weight excluding hydrogens is 228 g/mol. The summed E-state index contributed by atoms with van der Waals surface area (Å²) in [6.07, 6.45) is 0.715. The van der Waals surface area contributed by atoms with Crippen molar-refractivity contribution in [1.29, 1.82) is 0 Å². The highest BCUT2D eigenvalue weighted by molar-refractivity contribution is 5.95. The van der Waals surface area contributed by atoms with Crippen LogP contribution in [0.15, 0.2) is 24.3 Å². The zero-order chi connectivity index (χ0) is 13.6. The largest absolute Gasteiger partial charge is 0.494 e. The van der Waals surface area contributed by atoms with Crippen LogP contribution in [0.1, 0.15) is 27.2 Å². The molecule has 4 nitrogen and oxygen atoms in total. The summed E-state index contributed by atoms with van der Waals surface area (Å²) < 4.78 is 5.34. The van der Waals surface area contributed by atoms with Gasteiger partial charge in [0, 0.05) is 12.2 Å². The van der Waals surface area contributed by atoms with Gasteiger partial charge >= 0.3 is 0 Å². The van der Waals surface area contributed by atoms with Crippen LogP contribution in [0.5, 0.6) is 5.75 Å². The summed E-state index contributed by atoms with van der Waals surface area (Å²) in [5.74, 6) is 0.754. The topological polar surface area (TPSA) is 64.3 Å². The highest BCUT2D eigenvalue weighted by Gasteiger charge is 2.29. The molecule has 1 unspecified atom stereocenters. The Morgan fingerprint density at radius 3 is 2.39 bits per heavy atom. The van der Waals surface area contributed by atoms with Crippen LogP contribution in [0.25, 0.3) is 0 Å². The minimum atomic E-state index is -0.515. The summed E-state index contributed by atoms with van der Waals surface area (Å²) >= 11 is 0. The Bertz CT molecular complexity index is 383. The van der Waals surface area contributed by atoms with Gasteiger partial charge < -0.3 is 15.8 Å². The first-order valence-electron chi connectivity index (χ1n) is 6.30. The minimum absolute atomic E-state index is 0.0448. The number of rotatable bonds is 6. The zero-order valence-electron chi connectivity index (χ0n) is 11.3. The molecule has 1 aromatic carbocycles. The van der Waals surface area contributed by atoms with Crippen LogP contribution >= 0.6 is 0 Å². The molecule has 1 rings (SSSR count). The third-order valence-corrected chi connectivity index (χ3v) is 3.20. The van der Waals surface area contributed by atoms with E-state index in [9.17, 15) is 4.79 Å². The van der Waals surface area contributed by atoms with Crippen molar-refractivity contribution in [3.05, 3.63) is 24.3 Å². The fourth-order valence-corrected chi connectivity index (χ4v) is 1.48. The van der Waals surface area contributed by atoms with Crippen LogP contribution in [0.4, 0.5) is 5.69 Å². The lowest BCUT2D eigenvalue weighted by atomic mass is 9.86. The van der Waals surface area contributed by atoms with Crippen molar-refractivity contribution < 1.29 is 9.53 Å². The molecule has 0 saturated heterocycles. The van der Waals surface area contributed by atoms with Crippen molar-refractivity contribution in [2.24, 2.45) is 11.1 Å². The lowest BCUT2D eigenvalue weighted by molar-refractivity contribution is -0.124. The van der Waals surface area contributed by atoms with Gasteiger partial charge in [-0.25, -0.2) is 0 Å². The molecule has 0 aromatic heterocycles. The fourth-order valence-electron chi connectivity index (χ4n) is 1.48. The van der Waals surface area contributed by atoms with Crippen molar-refractivity contribution in [2.45, 2.75) is 27.2 Å². The number of hydrogen-bond donors (Lipinski definition) is 2. The second-order valence-electron chi connectivity index (χ2n) is 4.53. The molecule has 4 heteroatoms. The number of carbonyl (C=O) groups is 1. The van der Waals surface area contributed by atoms with Gasteiger partial charge in [0.15, 0.2) is 0 Å². The first-order chi connectivity index (χ1) is 8.55. The summed E-state index contributed by atoms with van der Waals surface area (Å²) in [6, 6.07) is 7.33. The number of nitrogens with two attached hydrogens (primary N) is 1. The summed E-state index contributed by atoms with van der Waals surface area (Å²) in [7, 11) is 0. The Balaban J connectivity index is 2.70. The van der Waals surface area contributed by atoms with Gasteiger partial charge in [-0.2, -0.15) is 0 Å². The Kier molecular flexibility index (Phi) is 5.16. The normalized spacial score (nSPS) is 13.8. The highest BCUT2D eigenvalue weighted by atomic mass is 16.5. The van der Waals surface area contributed by atoms with E-state index in [1.54, 1.807) is 0 Å². The van der Waals surface area contributed by atoms with Crippen molar-refractivity contribution in [1.82, 2.24) is 0 Å². The second-order valence-corrected chi connectivity index (χ2v) is 4.53. The van der Waals surface area contributed by atoms with E-state index in [1.165, 1.54) is 0 Å². The van der Waals surface area contributed by atoms with Crippen LogP contribution in [0, 0.1) is 5.41 Å². The minimum Gasteiger partial charge on any atom is -0.494 e. The van der Waals surface area contributed by atoms with Crippen LogP contribution in [-0.2, 0) is 4.79 Å². The molecule has 0 radical (unpaired) electrons. The van der Waals surface area contributed by atoms with Crippen LogP contribution in [0.3, 0.4) is 0 Å². The van der Waals surface area contributed by atoms with E-state index in [4.69, 9.17) is 10.5 Å². The summed E-state index contributed by atoms with van der Waals surface area (Å²) in [5.41, 5.74) is 5.90. The number of benzene rings is 1. The second kappa shape index (κ2) is 6.40. The molecule has 0 aliphatic heterocycles. The maximum atomic E-state index is 12.1. The monoisotopic (exact) mass is 250 g/mol. The highest BCUT2D eigenvalue weighted by Crippen LogP contribution is 2.23. The first-order valence-corrected chi connectivity index (χ1v) is 6.30. The smallest absolute Gasteiger partial charge is 0.231 e. The first kappa shape index (κ1) is 14.5. The SMILES string of the molecule is CCOc1ccc(NC(=O)C(C)(CC)CN)cc1. The lowest BCUT2D eigenvalue weighted by Gasteiger charge is -2.24. The lowest BCUT2D eigenvalue weighted by Crippen LogP contribution is -2.39. The molecule has 18 heavy (non-hydrogen) atoms. The molecule has 0 heterocycles. The Morgan fingerprint density at radius 1 is 1.33 bits per heavy atom. The van der Waals surface area contributed by atoms with Gasteiger partial charge in [-0.15, -0.1) is 0 Å². The van der Waals surface area contributed by atoms with E-state index in [0.29, 0.717) is 19.6 Å². The third-order valence-electron chi connectivity index (χ3n) is 3.20. The number of anilines is 1. The Morgan fingerprint density at radius 2 is 1.94 bits per heavy atom. The van der Waals surface area contributed by atoms with Crippen molar-refractivity contribution >= 4 is 11.6 Å².